The second-order valence-electron chi connectivity index (χ2n) is 4.77. The molecule has 13 heteroatoms. The molecule has 0 radical (unpaired) electrons. The van der Waals surface area contributed by atoms with Gasteiger partial charge in [-0.05, 0) is 0 Å². The van der Waals surface area contributed by atoms with Crippen LogP contribution in [0.3, 0.4) is 0 Å². The molecule has 0 bridgehead atoms. The summed E-state index contributed by atoms with van der Waals surface area (Å²) in [6.07, 6.45) is -17.3. The molecule has 0 saturated carbocycles. The highest BCUT2D eigenvalue weighted by Crippen LogP contribution is 2.51. The van der Waals surface area contributed by atoms with Gasteiger partial charge in [-0.3, -0.25) is 4.79 Å². The van der Waals surface area contributed by atoms with Gasteiger partial charge in [-0.2, -0.15) is 35.1 Å². The lowest BCUT2D eigenvalue weighted by molar-refractivity contribution is -0.455. The average Bonchev–Trinajstić information content (AvgIpc) is 2.39. The van der Waals surface area contributed by atoms with Crippen LogP contribution >= 0.6 is 0 Å². The van der Waals surface area contributed by atoms with Gasteiger partial charge in [-0.25, -0.2) is 4.79 Å². The number of carbonyl (C=O) groups is 2. The summed E-state index contributed by atoms with van der Waals surface area (Å²) in [5, 5.41) is 0. The number of rotatable bonds is 4. The number of alkyl halides is 8. The molecule has 5 nitrogen and oxygen atoms in total. The van der Waals surface area contributed by atoms with Crippen LogP contribution in [0.1, 0.15) is 12.8 Å². The average molecular weight is 386 g/mol. The van der Waals surface area contributed by atoms with E-state index in [1.165, 1.54) is 0 Å². The Kier molecular flexibility index (Phi) is 5.72. The number of carbonyl (C=O) groups excluding carboxylic acids is 2. The lowest BCUT2D eigenvalue weighted by atomic mass is 9.96. The van der Waals surface area contributed by atoms with Gasteiger partial charge >= 0.3 is 36.0 Å². The van der Waals surface area contributed by atoms with E-state index in [0.29, 0.717) is 6.08 Å². The standard InChI is InChI=1S/C12H10F8O5/c1-2-7(21)24-6-3-4-23-11(10(6,16)17,12(18,19)20)25-8(22)5-9(13,14)15/h2,6H,1,3-5H2. The van der Waals surface area contributed by atoms with Crippen molar-refractivity contribution in [2.45, 2.75) is 43.0 Å². The van der Waals surface area contributed by atoms with E-state index in [1.807, 2.05) is 0 Å². The van der Waals surface area contributed by atoms with Crippen LogP contribution in [0.4, 0.5) is 35.1 Å². The van der Waals surface area contributed by atoms with E-state index in [0.717, 1.165) is 0 Å². The van der Waals surface area contributed by atoms with Crippen molar-refractivity contribution in [1.82, 2.24) is 0 Å². The summed E-state index contributed by atoms with van der Waals surface area (Å²) in [6, 6.07) is 0. The smallest absolute Gasteiger partial charge is 0.452 e. The third-order valence-electron chi connectivity index (χ3n) is 2.93. The number of halogens is 8. The van der Waals surface area contributed by atoms with Crippen LogP contribution in [0.5, 0.6) is 0 Å². The maximum Gasteiger partial charge on any atom is 0.462 e. The third-order valence-corrected chi connectivity index (χ3v) is 2.93. The van der Waals surface area contributed by atoms with E-state index >= 15 is 0 Å². The molecule has 1 rings (SSSR count). The summed E-state index contributed by atoms with van der Waals surface area (Å²) >= 11 is 0. The lowest BCUT2D eigenvalue weighted by Crippen LogP contribution is -2.70. The molecule has 25 heavy (non-hydrogen) atoms. The Morgan fingerprint density at radius 2 is 1.76 bits per heavy atom. The summed E-state index contributed by atoms with van der Waals surface area (Å²) in [7, 11) is 0. The van der Waals surface area contributed by atoms with E-state index < -0.39 is 61.6 Å². The van der Waals surface area contributed by atoms with E-state index in [1.54, 1.807) is 0 Å². The third kappa shape index (κ3) is 4.38. The number of ether oxygens (including phenoxy) is 3. The van der Waals surface area contributed by atoms with Gasteiger partial charge in [0.25, 0.3) is 0 Å². The quantitative estimate of drug-likeness (QED) is 0.423. The van der Waals surface area contributed by atoms with Crippen molar-refractivity contribution < 1.29 is 58.9 Å². The number of hydrogen-bond donors (Lipinski definition) is 0. The molecule has 1 aliphatic rings. The first-order valence-corrected chi connectivity index (χ1v) is 6.36. The molecule has 0 amide bonds. The molecule has 1 aliphatic heterocycles. The molecule has 0 N–H and O–H groups in total. The van der Waals surface area contributed by atoms with Crippen LogP contribution in [0, 0.1) is 0 Å². The normalized spacial score (nSPS) is 26.6. The number of esters is 2. The molecule has 0 aliphatic carbocycles. The molecular weight excluding hydrogens is 376 g/mol. The SMILES string of the molecule is C=CC(=O)OC1CCOC(OC(=O)CC(F)(F)F)(C(F)(F)F)C1(F)F. The molecular formula is C12H10F8O5. The van der Waals surface area contributed by atoms with Crippen molar-refractivity contribution in [2.75, 3.05) is 6.61 Å². The fourth-order valence-corrected chi connectivity index (χ4v) is 1.91. The van der Waals surface area contributed by atoms with Gasteiger partial charge in [-0.1, -0.05) is 6.58 Å². The molecule has 144 valence electrons. The summed E-state index contributed by atoms with van der Waals surface area (Å²) in [6.45, 7) is 1.73. The van der Waals surface area contributed by atoms with Crippen molar-refractivity contribution in [2.24, 2.45) is 0 Å². The molecule has 0 aromatic carbocycles. The second-order valence-corrected chi connectivity index (χ2v) is 4.77. The molecule has 1 fully saturated rings. The molecule has 1 saturated heterocycles. The summed E-state index contributed by atoms with van der Waals surface area (Å²) in [5.74, 6) is -14.4. The van der Waals surface area contributed by atoms with E-state index in [9.17, 15) is 44.7 Å². The minimum atomic E-state index is -6.13. The fraction of sp³-hybridized carbons (Fsp3) is 0.667. The van der Waals surface area contributed by atoms with Crippen LogP contribution in [-0.4, -0.2) is 48.7 Å². The Balaban J connectivity index is 3.24. The monoisotopic (exact) mass is 386 g/mol. The van der Waals surface area contributed by atoms with E-state index in [-0.39, 0.29) is 0 Å². The molecule has 1 heterocycles. The second kappa shape index (κ2) is 6.77. The van der Waals surface area contributed by atoms with Gasteiger partial charge in [-0.15, -0.1) is 0 Å². The van der Waals surface area contributed by atoms with Crippen LogP contribution in [0.25, 0.3) is 0 Å². The molecule has 2 unspecified atom stereocenters. The van der Waals surface area contributed by atoms with Crippen molar-refractivity contribution in [3.8, 4) is 0 Å². The molecule has 0 spiro atoms. The Labute approximate surface area is 134 Å². The largest absolute Gasteiger partial charge is 0.462 e. The predicted molar refractivity (Wildman–Crippen MR) is 61.1 cm³/mol. The highest BCUT2D eigenvalue weighted by atomic mass is 19.4. The Morgan fingerprint density at radius 1 is 1.20 bits per heavy atom. The minimum Gasteiger partial charge on any atom is -0.452 e. The zero-order valence-electron chi connectivity index (χ0n) is 12.0. The predicted octanol–water partition coefficient (Wildman–Crippen LogP) is 2.89. The van der Waals surface area contributed by atoms with Crippen LogP contribution in [-0.2, 0) is 23.8 Å². The van der Waals surface area contributed by atoms with Crippen molar-refractivity contribution in [1.29, 1.82) is 0 Å². The highest BCUT2D eigenvalue weighted by Gasteiger charge is 2.79. The summed E-state index contributed by atoms with van der Waals surface area (Å²) in [4.78, 5) is 22.1. The van der Waals surface area contributed by atoms with Crippen LogP contribution in [0.2, 0.25) is 0 Å². The molecule has 2 atom stereocenters. The van der Waals surface area contributed by atoms with Gasteiger partial charge in [0.15, 0.2) is 6.10 Å². The van der Waals surface area contributed by atoms with Gasteiger partial charge < -0.3 is 14.2 Å². The van der Waals surface area contributed by atoms with E-state index in [2.05, 4.69) is 20.8 Å². The van der Waals surface area contributed by atoms with Crippen LogP contribution in [0.15, 0.2) is 12.7 Å². The highest BCUT2D eigenvalue weighted by molar-refractivity contribution is 5.81. The maximum atomic E-state index is 14.3. The van der Waals surface area contributed by atoms with Gasteiger partial charge in [0, 0.05) is 12.5 Å². The van der Waals surface area contributed by atoms with Gasteiger partial charge in [0.1, 0.15) is 6.42 Å². The Morgan fingerprint density at radius 3 is 2.20 bits per heavy atom. The lowest BCUT2D eigenvalue weighted by Gasteiger charge is -2.45. The zero-order valence-corrected chi connectivity index (χ0v) is 12.0. The topological polar surface area (TPSA) is 61.8 Å². The van der Waals surface area contributed by atoms with Crippen molar-refractivity contribution in [3.63, 3.8) is 0 Å². The summed E-state index contributed by atoms with van der Waals surface area (Å²) < 4.78 is 116. The Hall–Kier alpha value is -1.92. The number of hydrogen-bond acceptors (Lipinski definition) is 5. The molecule has 0 aromatic rings. The molecule has 0 aromatic heterocycles. The van der Waals surface area contributed by atoms with Gasteiger partial charge in [0.2, 0.25) is 0 Å². The Bertz CT molecular complexity index is 541. The first-order valence-electron chi connectivity index (χ1n) is 6.36. The fourth-order valence-electron chi connectivity index (χ4n) is 1.91. The van der Waals surface area contributed by atoms with Crippen molar-refractivity contribution >= 4 is 11.9 Å². The zero-order chi connectivity index (χ0) is 19.7. The minimum absolute atomic E-state index is 0.385. The first kappa shape index (κ1) is 21.1. The maximum absolute atomic E-state index is 14.3. The summed E-state index contributed by atoms with van der Waals surface area (Å²) in [5.41, 5.74) is 0. The van der Waals surface area contributed by atoms with E-state index in [4.69, 9.17) is 0 Å². The van der Waals surface area contributed by atoms with Gasteiger partial charge in [0.05, 0.1) is 6.61 Å². The van der Waals surface area contributed by atoms with Crippen molar-refractivity contribution in [3.05, 3.63) is 12.7 Å². The van der Waals surface area contributed by atoms with Crippen LogP contribution < -0.4 is 0 Å². The first-order chi connectivity index (χ1) is 11.2.